The molecule has 21 heavy (non-hydrogen) atoms. The number of anilines is 2. The quantitative estimate of drug-likeness (QED) is 0.764. The highest BCUT2D eigenvalue weighted by Gasteiger charge is 2.32. The van der Waals surface area contributed by atoms with Gasteiger partial charge in [0, 0.05) is 5.92 Å². The maximum Gasteiger partial charge on any atom is 0.229 e. The molecule has 4 N–H and O–H groups in total. The van der Waals surface area contributed by atoms with Crippen LogP contribution in [0.1, 0.15) is 19.3 Å². The standard InChI is InChI=1S/C14H21N3O3S/c1-21(19,20)17-13-8-3-2-7-12(13)16-14(18)11-6-4-5-10(11)9-15/h2-3,7-8,10-11,17H,4-6,9,15H2,1H3,(H,16,18). The van der Waals surface area contributed by atoms with Crippen molar-refractivity contribution >= 4 is 27.3 Å². The molecule has 0 radical (unpaired) electrons. The van der Waals surface area contributed by atoms with Gasteiger partial charge in [-0.3, -0.25) is 9.52 Å². The minimum Gasteiger partial charge on any atom is -0.330 e. The van der Waals surface area contributed by atoms with E-state index in [1.807, 2.05) is 0 Å². The lowest BCUT2D eigenvalue weighted by Gasteiger charge is -2.19. The first-order chi connectivity index (χ1) is 9.90. The van der Waals surface area contributed by atoms with Crippen LogP contribution >= 0.6 is 0 Å². The van der Waals surface area contributed by atoms with Crippen molar-refractivity contribution in [2.75, 3.05) is 22.8 Å². The predicted octanol–water partition coefficient (Wildman–Crippen LogP) is 1.37. The summed E-state index contributed by atoms with van der Waals surface area (Å²) in [5, 5.41) is 2.82. The number of sulfonamides is 1. The topological polar surface area (TPSA) is 101 Å². The van der Waals surface area contributed by atoms with Crippen molar-refractivity contribution < 1.29 is 13.2 Å². The van der Waals surface area contributed by atoms with Crippen LogP contribution in [0.4, 0.5) is 11.4 Å². The van der Waals surface area contributed by atoms with E-state index in [9.17, 15) is 13.2 Å². The van der Waals surface area contributed by atoms with Crippen molar-refractivity contribution in [3.05, 3.63) is 24.3 Å². The number of nitrogens with one attached hydrogen (secondary N) is 2. The molecule has 1 aromatic carbocycles. The molecule has 1 aliphatic carbocycles. The zero-order valence-electron chi connectivity index (χ0n) is 12.0. The van der Waals surface area contributed by atoms with Crippen LogP contribution in [0.5, 0.6) is 0 Å². The summed E-state index contributed by atoms with van der Waals surface area (Å²) in [7, 11) is -3.39. The third-order valence-corrected chi connectivity index (χ3v) is 4.37. The van der Waals surface area contributed by atoms with E-state index in [2.05, 4.69) is 10.0 Å². The average molecular weight is 311 g/mol. The Hall–Kier alpha value is -1.60. The van der Waals surface area contributed by atoms with Gasteiger partial charge in [-0.15, -0.1) is 0 Å². The fraction of sp³-hybridized carbons (Fsp3) is 0.500. The maximum absolute atomic E-state index is 12.4. The third-order valence-electron chi connectivity index (χ3n) is 3.78. The first kappa shape index (κ1) is 15.8. The second-order valence-electron chi connectivity index (χ2n) is 5.44. The van der Waals surface area contributed by atoms with Crippen molar-refractivity contribution in [2.45, 2.75) is 19.3 Å². The molecule has 0 aliphatic heterocycles. The molecule has 1 fully saturated rings. The van der Waals surface area contributed by atoms with Gasteiger partial charge >= 0.3 is 0 Å². The van der Waals surface area contributed by atoms with Crippen LogP contribution in [0.2, 0.25) is 0 Å². The van der Waals surface area contributed by atoms with Gasteiger partial charge in [-0.2, -0.15) is 0 Å². The highest BCUT2D eigenvalue weighted by Crippen LogP contribution is 2.32. The minimum atomic E-state index is -3.39. The molecule has 7 heteroatoms. The van der Waals surface area contributed by atoms with Crippen LogP contribution < -0.4 is 15.8 Å². The Bertz CT molecular complexity index is 616. The lowest BCUT2D eigenvalue weighted by atomic mass is 9.95. The third kappa shape index (κ3) is 4.18. The maximum atomic E-state index is 12.4. The average Bonchev–Trinajstić information content (AvgIpc) is 2.87. The zero-order valence-corrected chi connectivity index (χ0v) is 12.8. The first-order valence-electron chi connectivity index (χ1n) is 6.98. The zero-order chi connectivity index (χ0) is 15.5. The smallest absolute Gasteiger partial charge is 0.229 e. The number of nitrogens with two attached hydrogens (primary N) is 1. The minimum absolute atomic E-state index is 0.0919. The molecular weight excluding hydrogens is 290 g/mol. The largest absolute Gasteiger partial charge is 0.330 e. The monoisotopic (exact) mass is 311 g/mol. The van der Waals surface area contributed by atoms with E-state index in [4.69, 9.17) is 5.73 Å². The number of amides is 1. The summed E-state index contributed by atoms with van der Waals surface area (Å²) in [6.07, 6.45) is 3.88. The molecule has 2 rings (SSSR count). The van der Waals surface area contributed by atoms with E-state index >= 15 is 0 Å². The Labute approximate surface area is 125 Å². The van der Waals surface area contributed by atoms with Crippen LogP contribution in [0.3, 0.4) is 0 Å². The van der Waals surface area contributed by atoms with Crippen LogP contribution in [0, 0.1) is 11.8 Å². The lowest BCUT2D eigenvalue weighted by Crippen LogP contribution is -2.30. The van der Waals surface area contributed by atoms with Gasteiger partial charge in [0.2, 0.25) is 15.9 Å². The number of rotatable bonds is 5. The molecule has 0 spiro atoms. The Balaban J connectivity index is 2.14. The van der Waals surface area contributed by atoms with E-state index in [0.717, 1.165) is 25.5 Å². The molecule has 2 atom stereocenters. The first-order valence-corrected chi connectivity index (χ1v) is 8.87. The van der Waals surface area contributed by atoms with E-state index in [-0.39, 0.29) is 17.7 Å². The second-order valence-corrected chi connectivity index (χ2v) is 7.19. The summed E-state index contributed by atoms with van der Waals surface area (Å²) in [4.78, 5) is 12.4. The Morgan fingerprint density at radius 1 is 1.29 bits per heavy atom. The normalized spacial score (nSPS) is 22.0. The summed E-state index contributed by atoms with van der Waals surface area (Å²) in [6, 6.07) is 6.75. The Morgan fingerprint density at radius 3 is 2.57 bits per heavy atom. The molecule has 0 bridgehead atoms. The Morgan fingerprint density at radius 2 is 1.95 bits per heavy atom. The lowest BCUT2D eigenvalue weighted by molar-refractivity contribution is -0.120. The van der Waals surface area contributed by atoms with Crippen molar-refractivity contribution in [1.29, 1.82) is 0 Å². The summed E-state index contributed by atoms with van der Waals surface area (Å²) in [6.45, 7) is 0.501. The van der Waals surface area contributed by atoms with Crippen LogP contribution in [-0.2, 0) is 14.8 Å². The molecule has 116 valence electrons. The number of benzene rings is 1. The highest BCUT2D eigenvalue weighted by atomic mass is 32.2. The molecule has 0 saturated heterocycles. The van der Waals surface area contributed by atoms with Crippen LogP contribution in [0.15, 0.2) is 24.3 Å². The predicted molar refractivity (Wildman–Crippen MR) is 83.4 cm³/mol. The number of para-hydroxylation sites is 2. The van der Waals surface area contributed by atoms with E-state index < -0.39 is 10.0 Å². The molecule has 1 amide bonds. The van der Waals surface area contributed by atoms with Gasteiger partial charge in [0.1, 0.15) is 0 Å². The van der Waals surface area contributed by atoms with Gasteiger partial charge in [-0.05, 0) is 37.4 Å². The molecule has 2 unspecified atom stereocenters. The van der Waals surface area contributed by atoms with Gasteiger partial charge in [-0.25, -0.2) is 8.42 Å². The molecular formula is C14H21N3O3S. The Kier molecular flexibility index (Phi) is 4.84. The summed E-state index contributed by atoms with van der Waals surface area (Å²) in [5.74, 6) is 0.0204. The number of hydrogen-bond donors (Lipinski definition) is 3. The van der Waals surface area contributed by atoms with E-state index in [1.165, 1.54) is 0 Å². The summed E-state index contributed by atoms with van der Waals surface area (Å²) >= 11 is 0. The van der Waals surface area contributed by atoms with Crippen molar-refractivity contribution in [3.8, 4) is 0 Å². The van der Waals surface area contributed by atoms with Gasteiger partial charge < -0.3 is 11.1 Å². The van der Waals surface area contributed by atoms with Crippen molar-refractivity contribution in [3.63, 3.8) is 0 Å². The van der Waals surface area contributed by atoms with Crippen LogP contribution in [-0.4, -0.2) is 27.1 Å². The van der Waals surface area contributed by atoms with Crippen molar-refractivity contribution in [2.24, 2.45) is 17.6 Å². The molecule has 1 aliphatic rings. The van der Waals surface area contributed by atoms with E-state index in [1.54, 1.807) is 24.3 Å². The number of hydrogen-bond acceptors (Lipinski definition) is 4. The van der Waals surface area contributed by atoms with Gasteiger partial charge in [0.15, 0.2) is 0 Å². The molecule has 6 nitrogen and oxygen atoms in total. The molecule has 1 saturated carbocycles. The van der Waals surface area contributed by atoms with Crippen LogP contribution in [0.25, 0.3) is 0 Å². The van der Waals surface area contributed by atoms with E-state index in [0.29, 0.717) is 17.9 Å². The molecule has 1 aromatic rings. The summed E-state index contributed by atoms with van der Waals surface area (Å²) in [5.41, 5.74) is 6.54. The fourth-order valence-electron chi connectivity index (χ4n) is 2.77. The SMILES string of the molecule is CS(=O)(=O)Nc1ccccc1NC(=O)C1CCCC1CN. The van der Waals surface area contributed by atoms with Gasteiger partial charge in [-0.1, -0.05) is 18.6 Å². The number of carbonyl (C=O) groups is 1. The fourth-order valence-corrected chi connectivity index (χ4v) is 3.35. The summed E-state index contributed by atoms with van der Waals surface area (Å²) < 4.78 is 25.1. The second kappa shape index (κ2) is 6.44. The number of carbonyl (C=O) groups excluding carboxylic acids is 1. The molecule has 0 aromatic heterocycles. The van der Waals surface area contributed by atoms with Crippen molar-refractivity contribution in [1.82, 2.24) is 0 Å². The van der Waals surface area contributed by atoms with Gasteiger partial charge in [0.05, 0.1) is 17.6 Å². The molecule has 0 heterocycles. The van der Waals surface area contributed by atoms with Gasteiger partial charge in [0.25, 0.3) is 0 Å². The highest BCUT2D eigenvalue weighted by molar-refractivity contribution is 7.92.